The third-order valence-electron chi connectivity index (χ3n) is 4.02. The fourth-order valence-electron chi connectivity index (χ4n) is 2.86. The standard InChI is InChI=1S/C14H14N2O3/c1-14(2)9(10(14)13(18)19)11-15-8-6-4-3-5-7(8)12(17)16-11/h3-6,9-10H,1-2H3,(H,18,19)(H,15,16,17)/t9-,10-/m0/s1. The van der Waals surface area contributed by atoms with Crippen LogP contribution in [0.3, 0.4) is 0 Å². The Hall–Kier alpha value is -2.17. The third-order valence-corrected chi connectivity index (χ3v) is 4.02. The van der Waals surface area contributed by atoms with Crippen molar-refractivity contribution in [2.75, 3.05) is 0 Å². The van der Waals surface area contributed by atoms with Crippen molar-refractivity contribution in [3.8, 4) is 0 Å². The number of fused-ring (bicyclic) bond motifs is 1. The van der Waals surface area contributed by atoms with Gasteiger partial charge in [0.1, 0.15) is 5.82 Å². The first-order chi connectivity index (χ1) is 8.93. The van der Waals surface area contributed by atoms with Gasteiger partial charge in [-0.05, 0) is 17.5 Å². The van der Waals surface area contributed by atoms with E-state index < -0.39 is 11.9 Å². The summed E-state index contributed by atoms with van der Waals surface area (Å²) in [5.41, 5.74) is 0.0186. The first-order valence-corrected chi connectivity index (χ1v) is 6.14. The number of aromatic nitrogens is 2. The van der Waals surface area contributed by atoms with Gasteiger partial charge in [-0.1, -0.05) is 26.0 Å². The number of para-hydroxylation sites is 1. The summed E-state index contributed by atoms with van der Waals surface area (Å²) < 4.78 is 0. The fraction of sp³-hybridized carbons (Fsp3) is 0.357. The maximum Gasteiger partial charge on any atom is 0.307 e. The average Bonchev–Trinajstić information content (AvgIpc) is 2.92. The first kappa shape index (κ1) is 11.9. The largest absolute Gasteiger partial charge is 0.481 e. The Balaban J connectivity index is 2.13. The molecule has 1 aliphatic carbocycles. The zero-order valence-corrected chi connectivity index (χ0v) is 10.7. The number of hydrogen-bond acceptors (Lipinski definition) is 3. The molecule has 1 fully saturated rings. The van der Waals surface area contributed by atoms with Crippen LogP contribution in [-0.2, 0) is 4.79 Å². The van der Waals surface area contributed by atoms with E-state index in [9.17, 15) is 14.7 Å². The van der Waals surface area contributed by atoms with Gasteiger partial charge in [-0.15, -0.1) is 0 Å². The predicted octanol–water partition coefficient (Wildman–Crippen LogP) is 1.75. The lowest BCUT2D eigenvalue weighted by atomic mass is 10.1. The second-order valence-corrected chi connectivity index (χ2v) is 5.58. The molecule has 2 N–H and O–H groups in total. The number of carboxylic acid groups (broad SMARTS) is 1. The molecular formula is C14H14N2O3. The van der Waals surface area contributed by atoms with E-state index >= 15 is 0 Å². The Bertz CT molecular complexity index is 733. The minimum atomic E-state index is -0.842. The predicted molar refractivity (Wildman–Crippen MR) is 70.0 cm³/mol. The summed E-state index contributed by atoms with van der Waals surface area (Å²) in [4.78, 5) is 30.3. The normalized spacial score (nSPS) is 24.3. The van der Waals surface area contributed by atoms with Crippen LogP contribution in [0.4, 0.5) is 0 Å². The van der Waals surface area contributed by atoms with Crippen LogP contribution >= 0.6 is 0 Å². The van der Waals surface area contributed by atoms with Crippen molar-refractivity contribution in [3.63, 3.8) is 0 Å². The van der Waals surface area contributed by atoms with Gasteiger partial charge in [0.05, 0.1) is 16.8 Å². The minimum Gasteiger partial charge on any atom is -0.481 e. The third kappa shape index (κ3) is 1.65. The number of aromatic amines is 1. The van der Waals surface area contributed by atoms with E-state index in [-0.39, 0.29) is 16.9 Å². The van der Waals surface area contributed by atoms with Crippen molar-refractivity contribution >= 4 is 16.9 Å². The number of hydrogen-bond donors (Lipinski definition) is 2. The monoisotopic (exact) mass is 258 g/mol. The Morgan fingerprint density at radius 3 is 2.68 bits per heavy atom. The van der Waals surface area contributed by atoms with Crippen molar-refractivity contribution in [1.29, 1.82) is 0 Å². The number of carbonyl (C=O) groups is 1. The quantitative estimate of drug-likeness (QED) is 0.859. The van der Waals surface area contributed by atoms with Gasteiger partial charge in [-0.3, -0.25) is 9.59 Å². The summed E-state index contributed by atoms with van der Waals surface area (Å²) in [7, 11) is 0. The Morgan fingerprint density at radius 2 is 2.05 bits per heavy atom. The molecule has 0 amide bonds. The molecule has 1 saturated carbocycles. The maximum atomic E-state index is 12.0. The van der Waals surface area contributed by atoms with Gasteiger partial charge in [0.25, 0.3) is 5.56 Å². The van der Waals surface area contributed by atoms with Gasteiger partial charge in [0, 0.05) is 5.92 Å². The fourth-order valence-corrected chi connectivity index (χ4v) is 2.86. The minimum absolute atomic E-state index is 0.215. The van der Waals surface area contributed by atoms with Crippen LogP contribution in [0.25, 0.3) is 10.9 Å². The molecule has 3 rings (SSSR count). The van der Waals surface area contributed by atoms with E-state index in [1.807, 2.05) is 19.9 Å². The zero-order valence-electron chi connectivity index (χ0n) is 10.7. The Morgan fingerprint density at radius 1 is 1.37 bits per heavy atom. The van der Waals surface area contributed by atoms with E-state index in [0.717, 1.165) is 0 Å². The number of carboxylic acids is 1. The van der Waals surface area contributed by atoms with Gasteiger partial charge >= 0.3 is 5.97 Å². The van der Waals surface area contributed by atoms with Crippen LogP contribution in [0, 0.1) is 11.3 Å². The first-order valence-electron chi connectivity index (χ1n) is 6.14. The lowest BCUT2D eigenvalue weighted by molar-refractivity contribution is -0.139. The molecule has 1 aliphatic rings. The summed E-state index contributed by atoms with van der Waals surface area (Å²) in [5, 5.41) is 9.71. The number of nitrogens with one attached hydrogen (secondary N) is 1. The summed E-state index contributed by atoms with van der Waals surface area (Å²) >= 11 is 0. The highest BCUT2D eigenvalue weighted by Crippen LogP contribution is 2.63. The molecule has 2 atom stereocenters. The lowest BCUT2D eigenvalue weighted by Crippen LogP contribution is -2.12. The van der Waals surface area contributed by atoms with Gasteiger partial charge in [0.2, 0.25) is 0 Å². The summed E-state index contributed by atoms with van der Waals surface area (Å²) in [6, 6.07) is 7.06. The highest BCUT2D eigenvalue weighted by molar-refractivity contribution is 5.79. The van der Waals surface area contributed by atoms with Crippen LogP contribution in [-0.4, -0.2) is 21.0 Å². The molecule has 98 valence electrons. The van der Waals surface area contributed by atoms with E-state index in [4.69, 9.17) is 0 Å². The van der Waals surface area contributed by atoms with E-state index in [1.165, 1.54) is 0 Å². The van der Waals surface area contributed by atoms with Gasteiger partial charge < -0.3 is 10.1 Å². The summed E-state index contributed by atoms with van der Waals surface area (Å²) in [6.45, 7) is 3.76. The number of aliphatic carboxylic acids is 1. The average molecular weight is 258 g/mol. The molecule has 2 aromatic rings. The summed E-state index contributed by atoms with van der Waals surface area (Å²) in [6.07, 6.45) is 0. The number of H-pyrrole nitrogens is 1. The highest BCUT2D eigenvalue weighted by atomic mass is 16.4. The van der Waals surface area contributed by atoms with E-state index in [2.05, 4.69) is 9.97 Å². The van der Waals surface area contributed by atoms with Crippen molar-refractivity contribution < 1.29 is 9.90 Å². The van der Waals surface area contributed by atoms with Crippen LogP contribution in [0.15, 0.2) is 29.1 Å². The van der Waals surface area contributed by atoms with Crippen molar-refractivity contribution in [2.45, 2.75) is 19.8 Å². The molecule has 0 saturated heterocycles. The van der Waals surface area contributed by atoms with Crippen molar-refractivity contribution in [3.05, 3.63) is 40.4 Å². The van der Waals surface area contributed by atoms with Crippen molar-refractivity contribution in [2.24, 2.45) is 11.3 Å². The van der Waals surface area contributed by atoms with Gasteiger partial charge in [-0.25, -0.2) is 4.98 Å². The molecule has 0 spiro atoms. The number of rotatable bonds is 2. The molecule has 0 bridgehead atoms. The second kappa shape index (κ2) is 3.66. The second-order valence-electron chi connectivity index (χ2n) is 5.58. The molecule has 1 aromatic carbocycles. The van der Waals surface area contributed by atoms with Crippen LogP contribution in [0.2, 0.25) is 0 Å². The molecule has 1 aromatic heterocycles. The Labute approximate surface area is 109 Å². The topological polar surface area (TPSA) is 83.0 Å². The van der Waals surface area contributed by atoms with Crippen LogP contribution in [0.1, 0.15) is 25.6 Å². The van der Waals surface area contributed by atoms with Gasteiger partial charge in [-0.2, -0.15) is 0 Å². The molecule has 1 heterocycles. The molecule has 5 heteroatoms. The Kier molecular flexibility index (Phi) is 2.29. The smallest absolute Gasteiger partial charge is 0.307 e. The van der Waals surface area contributed by atoms with E-state index in [1.54, 1.807) is 18.2 Å². The zero-order chi connectivity index (χ0) is 13.8. The van der Waals surface area contributed by atoms with Crippen LogP contribution in [0.5, 0.6) is 0 Å². The number of nitrogens with zero attached hydrogens (tertiary/aromatic N) is 1. The number of benzene rings is 1. The molecule has 5 nitrogen and oxygen atoms in total. The summed E-state index contributed by atoms with van der Waals surface area (Å²) in [5.74, 6) is -1.09. The lowest BCUT2D eigenvalue weighted by Gasteiger charge is -2.03. The molecule has 0 aliphatic heterocycles. The highest BCUT2D eigenvalue weighted by Gasteiger charge is 2.64. The molecule has 0 unspecified atom stereocenters. The van der Waals surface area contributed by atoms with E-state index in [0.29, 0.717) is 16.7 Å². The van der Waals surface area contributed by atoms with Crippen molar-refractivity contribution in [1.82, 2.24) is 9.97 Å². The molecule has 19 heavy (non-hydrogen) atoms. The van der Waals surface area contributed by atoms with Gasteiger partial charge in [0.15, 0.2) is 0 Å². The maximum absolute atomic E-state index is 12.0. The van der Waals surface area contributed by atoms with Crippen LogP contribution < -0.4 is 5.56 Å². The molecule has 0 radical (unpaired) electrons. The SMILES string of the molecule is CC1(C)[C@H](C(=O)O)[C@H]1c1nc2ccccc2c(=O)[nH]1. The molecular weight excluding hydrogens is 244 g/mol.